The molecule has 6 rings (SSSR count). The van der Waals surface area contributed by atoms with Gasteiger partial charge >= 0.3 is 0 Å². The van der Waals surface area contributed by atoms with E-state index in [-0.39, 0.29) is 23.0 Å². The van der Waals surface area contributed by atoms with Crippen LogP contribution in [0.4, 0.5) is 0 Å². The molecular formula is C36H58N2O3. The highest BCUT2D eigenvalue weighted by atomic mass is 16.5. The maximum absolute atomic E-state index is 12.5. The van der Waals surface area contributed by atoms with Gasteiger partial charge in [0.2, 0.25) is 5.91 Å². The van der Waals surface area contributed by atoms with Crippen molar-refractivity contribution in [1.29, 1.82) is 0 Å². The molecule has 230 valence electrons. The van der Waals surface area contributed by atoms with Crippen molar-refractivity contribution in [3.8, 4) is 0 Å². The third kappa shape index (κ3) is 5.18. The molecule has 2 saturated carbocycles. The molecule has 2 saturated heterocycles. The summed E-state index contributed by atoms with van der Waals surface area (Å²) >= 11 is 0. The number of carbonyl (C=O) groups is 1. The van der Waals surface area contributed by atoms with Crippen molar-refractivity contribution in [2.45, 2.75) is 142 Å². The predicted molar refractivity (Wildman–Crippen MR) is 165 cm³/mol. The van der Waals surface area contributed by atoms with Gasteiger partial charge in [-0.05, 0) is 99.4 Å². The average molecular weight is 567 g/mol. The van der Waals surface area contributed by atoms with Crippen LogP contribution in [-0.4, -0.2) is 59.4 Å². The minimum Gasteiger partial charge on any atom is -0.393 e. The highest BCUT2D eigenvalue weighted by Gasteiger charge is 2.61. The lowest BCUT2D eigenvalue weighted by Gasteiger charge is -2.49. The maximum atomic E-state index is 12.5. The van der Waals surface area contributed by atoms with Crippen LogP contribution < -0.4 is 5.32 Å². The first kappa shape index (κ1) is 29.9. The minimum atomic E-state index is -0.140. The first-order valence-corrected chi connectivity index (χ1v) is 17.4. The van der Waals surface area contributed by atoms with Crippen molar-refractivity contribution in [3.05, 3.63) is 22.8 Å². The highest BCUT2D eigenvalue weighted by molar-refractivity contribution is 5.75. The smallest absolute Gasteiger partial charge is 0.220 e. The number of fused-ring (bicyclic) bond motifs is 6. The molecule has 0 radical (unpaired) electrons. The van der Waals surface area contributed by atoms with E-state index < -0.39 is 0 Å². The quantitative estimate of drug-likeness (QED) is 0.251. The second-order valence-electron chi connectivity index (χ2n) is 15.4. The summed E-state index contributed by atoms with van der Waals surface area (Å²) in [6, 6.07) is 0.439. The fourth-order valence-electron chi connectivity index (χ4n) is 10.9. The van der Waals surface area contributed by atoms with E-state index in [4.69, 9.17) is 4.74 Å². The maximum Gasteiger partial charge on any atom is 0.220 e. The summed E-state index contributed by atoms with van der Waals surface area (Å²) in [6.07, 6.45) is 17.0. The second kappa shape index (κ2) is 11.7. The zero-order valence-corrected chi connectivity index (χ0v) is 26.7. The van der Waals surface area contributed by atoms with E-state index in [0.717, 1.165) is 76.4 Å². The Bertz CT molecular complexity index is 1050. The van der Waals surface area contributed by atoms with Crippen LogP contribution in [-0.2, 0) is 9.53 Å². The van der Waals surface area contributed by atoms with Crippen LogP contribution in [0.2, 0.25) is 0 Å². The lowest BCUT2D eigenvalue weighted by Crippen LogP contribution is -2.54. The molecule has 2 aliphatic heterocycles. The molecule has 1 spiro atoms. The average Bonchev–Trinajstić information content (AvgIpc) is 3.46. The van der Waals surface area contributed by atoms with Crippen molar-refractivity contribution in [2.24, 2.45) is 35.0 Å². The number of carbonyl (C=O) groups excluding carboxylic acids is 1. The molecule has 1 amide bonds. The number of aliphatic hydroxyl groups excluding tert-OH is 1. The van der Waals surface area contributed by atoms with Crippen LogP contribution in [0.25, 0.3) is 0 Å². The van der Waals surface area contributed by atoms with Crippen molar-refractivity contribution < 1.29 is 14.6 Å². The van der Waals surface area contributed by atoms with E-state index in [1.807, 2.05) is 0 Å². The fourth-order valence-corrected chi connectivity index (χ4v) is 10.9. The van der Waals surface area contributed by atoms with Gasteiger partial charge in [-0.2, -0.15) is 0 Å². The van der Waals surface area contributed by atoms with Crippen molar-refractivity contribution in [3.63, 3.8) is 0 Å². The van der Waals surface area contributed by atoms with Crippen LogP contribution in [0.3, 0.4) is 0 Å². The highest BCUT2D eigenvalue weighted by Crippen LogP contribution is 2.65. The predicted octanol–water partition coefficient (Wildman–Crippen LogP) is 6.80. The SMILES string of the molecule is CCCCCCC(=O)NCCN1C[C@@H](C)C[C@H]2OC3(CC[C@@H]4C(=C3C)C[C@H]3[C@H]4CC=C4C[C@@H](O)CC[C@@]43C)[C@H](C)[C@@H]21. The zero-order chi connectivity index (χ0) is 28.9. The van der Waals surface area contributed by atoms with Gasteiger partial charge in [0.1, 0.15) is 0 Å². The van der Waals surface area contributed by atoms with Gasteiger partial charge in [-0.3, -0.25) is 9.69 Å². The van der Waals surface area contributed by atoms with Gasteiger partial charge in [-0.15, -0.1) is 0 Å². The number of nitrogens with one attached hydrogen (secondary N) is 1. The fraction of sp³-hybridized carbons (Fsp3) is 0.861. The summed E-state index contributed by atoms with van der Waals surface area (Å²) in [7, 11) is 0. The number of hydrogen-bond donors (Lipinski definition) is 2. The number of aliphatic hydroxyl groups is 1. The largest absolute Gasteiger partial charge is 0.393 e. The molecule has 2 heterocycles. The van der Waals surface area contributed by atoms with Crippen LogP contribution in [0.1, 0.15) is 118 Å². The number of ether oxygens (including phenoxy) is 1. The van der Waals surface area contributed by atoms with Gasteiger partial charge in [0, 0.05) is 38.0 Å². The monoisotopic (exact) mass is 566 g/mol. The van der Waals surface area contributed by atoms with E-state index in [2.05, 4.69) is 50.9 Å². The van der Waals surface area contributed by atoms with Crippen LogP contribution >= 0.6 is 0 Å². The van der Waals surface area contributed by atoms with Gasteiger partial charge in [-0.1, -0.05) is 64.2 Å². The Kier molecular flexibility index (Phi) is 8.55. The van der Waals surface area contributed by atoms with E-state index in [1.54, 1.807) is 16.7 Å². The molecule has 0 aromatic carbocycles. The van der Waals surface area contributed by atoms with E-state index >= 15 is 0 Å². The Morgan fingerprint density at radius 3 is 2.80 bits per heavy atom. The summed E-state index contributed by atoms with van der Waals surface area (Å²) in [6.45, 7) is 14.8. The molecule has 5 heteroatoms. The lowest BCUT2D eigenvalue weighted by molar-refractivity contribution is -0.121. The zero-order valence-electron chi connectivity index (χ0n) is 26.7. The molecule has 4 fully saturated rings. The molecule has 6 aliphatic rings. The first-order valence-electron chi connectivity index (χ1n) is 17.4. The summed E-state index contributed by atoms with van der Waals surface area (Å²) in [5, 5.41) is 13.6. The molecule has 10 atom stereocenters. The Hall–Kier alpha value is -1.17. The number of piperidine rings is 1. The first-order chi connectivity index (χ1) is 19.7. The van der Waals surface area contributed by atoms with Gasteiger partial charge in [0.05, 0.1) is 17.8 Å². The molecule has 0 bridgehead atoms. The van der Waals surface area contributed by atoms with Gasteiger partial charge in [0.15, 0.2) is 0 Å². The minimum absolute atomic E-state index is 0.126. The van der Waals surface area contributed by atoms with Crippen molar-refractivity contribution in [1.82, 2.24) is 10.2 Å². The van der Waals surface area contributed by atoms with Crippen LogP contribution in [0.5, 0.6) is 0 Å². The Morgan fingerprint density at radius 2 is 2.00 bits per heavy atom. The molecule has 41 heavy (non-hydrogen) atoms. The molecular weight excluding hydrogens is 508 g/mol. The van der Waals surface area contributed by atoms with E-state index in [9.17, 15) is 9.90 Å². The van der Waals surface area contributed by atoms with Crippen LogP contribution in [0, 0.1) is 35.0 Å². The Morgan fingerprint density at radius 1 is 1.17 bits per heavy atom. The number of nitrogens with zero attached hydrogens (tertiary/aromatic N) is 1. The van der Waals surface area contributed by atoms with Gasteiger partial charge in [-0.25, -0.2) is 0 Å². The second-order valence-corrected chi connectivity index (χ2v) is 15.4. The molecule has 0 aromatic rings. The van der Waals surface area contributed by atoms with Crippen molar-refractivity contribution >= 4 is 5.91 Å². The number of likely N-dealkylation sites (tertiary alicyclic amines) is 1. The molecule has 5 nitrogen and oxygen atoms in total. The Balaban J connectivity index is 1.16. The third-order valence-electron chi connectivity index (χ3n) is 13.1. The van der Waals surface area contributed by atoms with Crippen molar-refractivity contribution in [2.75, 3.05) is 19.6 Å². The van der Waals surface area contributed by atoms with Gasteiger partial charge < -0.3 is 15.2 Å². The topological polar surface area (TPSA) is 61.8 Å². The summed E-state index contributed by atoms with van der Waals surface area (Å²) in [5.41, 5.74) is 5.02. The number of amides is 1. The summed E-state index contributed by atoms with van der Waals surface area (Å²) in [5.74, 6) is 3.51. The van der Waals surface area contributed by atoms with E-state index in [1.165, 1.54) is 32.1 Å². The third-order valence-corrected chi connectivity index (χ3v) is 13.1. The molecule has 1 unspecified atom stereocenters. The molecule has 4 aliphatic carbocycles. The number of rotatable bonds is 8. The standard InChI is InChI=1S/C36H58N2O3/c1-6-7-8-9-10-33(40)37-17-18-38-22-23(2)19-32-34(38)25(4)36(41-32)16-14-28-29-12-11-26-20-27(39)13-15-35(26,5)31(29)21-30(28)24(36)3/h11,23,25,27-29,31-32,34,39H,6-10,12-22H2,1-5H3,(H,37,40)/t23-,25+,27-,28-,29-,31-,32+,34-,35-,36?/m0/s1. The molecule has 0 aromatic heterocycles. The Labute approximate surface area is 249 Å². The van der Waals surface area contributed by atoms with E-state index in [0.29, 0.717) is 36.3 Å². The van der Waals surface area contributed by atoms with Crippen LogP contribution in [0.15, 0.2) is 22.8 Å². The number of unbranched alkanes of at least 4 members (excludes halogenated alkanes) is 3. The molecule has 2 N–H and O–H groups in total. The number of hydrogen-bond acceptors (Lipinski definition) is 4. The number of allylic oxidation sites excluding steroid dienone is 2. The lowest BCUT2D eigenvalue weighted by atomic mass is 9.56. The van der Waals surface area contributed by atoms with Gasteiger partial charge in [0.25, 0.3) is 0 Å². The summed E-state index contributed by atoms with van der Waals surface area (Å²) in [4.78, 5) is 15.1. The normalized spacial score (nSPS) is 43.8. The summed E-state index contributed by atoms with van der Waals surface area (Å²) < 4.78 is 7.30.